The molecular weight excluding hydrogens is 328 g/mol. The SMILES string of the molecule is c1nc(-c2nc(C34CC5CC(CC(C5)C3)C4)no2)nn1C1CCCNC1. The summed E-state index contributed by atoms with van der Waals surface area (Å²) in [4.78, 5) is 9.25. The molecule has 5 fully saturated rings. The Labute approximate surface area is 153 Å². The summed E-state index contributed by atoms with van der Waals surface area (Å²) in [5.41, 5.74) is 0.159. The van der Waals surface area contributed by atoms with E-state index in [1.54, 1.807) is 0 Å². The van der Waals surface area contributed by atoms with Gasteiger partial charge in [0.25, 0.3) is 5.89 Å². The van der Waals surface area contributed by atoms with E-state index in [9.17, 15) is 0 Å². The maximum atomic E-state index is 5.63. The van der Waals surface area contributed by atoms with Gasteiger partial charge in [-0.25, -0.2) is 9.67 Å². The van der Waals surface area contributed by atoms with Crippen molar-refractivity contribution < 1.29 is 4.52 Å². The summed E-state index contributed by atoms with van der Waals surface area (Å²) in [7, 11) is 0. The summed E-state index contributed by atoms with van der Waals surface area (Å²) in [6.45, 7) is 2.04. The Balaban J connectivity index is 1.27. The van der Waals surface area contributed by atoms with Gasteiger partial charge in [-0.1, -0.05) is 5.16 Å². The van der Waals surface area contributed by atoms with E-state index in [1.807, 2.05) is 11.0 Å². The highest BCUT2D eigenvalue weighted by molar-refractivity contribution is 5.38. The molecule has 7 heteroatoms. The van der Waals surface area contributed by atoms with Crippen LogP contribution in [0.1, 0.15) is 63.2 Å². The second-order valence-corrected chi connectivity index (χ2v) is 9.17. The van der Waals surface area contributed by atoms with Crippen LogP contribution in [0.25, 0.3) is 11.7 Å². The van der Waals surface area contributed by atoms with Crippen LogP contribution in [-0.2, 0) is 5.41 Å². The third-order valence-electron chi connectivity index (χ3n) is 7.28. The van der Waals surface area contributed by atoms with Crippen molar-refractivity contribution in [1.29, 1.82) is 0 Å². The molecular formula is C19H26N6O. The van der Waals surface area contributed by atoms with Gasteiger partial charge in [0, 0.05) is 12.0 Å². The number of aromatic nitrogens is 5. The van der Waals surface area contributed by atoms with Crippen LogP contribution < -0.4 is 5.32 Å². The van der Waals surface area contributed by atoms with E-state index in [0.29, 0.717) is 17.8 Å². The van der Waals surface area contributed by atoms with Gasteiger partial charge in [-0.15, -0.1) is 5.10 Å². The third kappa shape index (κ3) is 2.36. The molecule has 4 bridgehead atoms. The molecule has 0 amide bonds. The molecule has 1 N–H and O–H groups in total. The molecule has 0 radical (unpaired) electrons. The summed E-state index contributed by atoms with van der Waals surface area (Å²) < 4.78 is 7.58. The van der Waals surface area contributed by atoms with Crippen molar-refractivity contribution in [3.63, 3.8) is 0 Å². The maximum absolute atomic E-state index is 5.63. The summed E-state index contributed by atoms with van der Waals surface area (Å²) in [6, 6.07) is 0.371. The first-order chi connectivity index (χ1) is 12.8. The van der Waals surface area contributed by atoms with Crippen LogP contribution in [0.4, 0.5) is 0 Å². The Kier molecular flexibility index (Phi) is 3.31. The first-order valence-corrected chi connectivity index (χ1v) is 10.2. The molecule has 7 nitrogen and oxygen atoms in total. The Bertz CT molecular complexity index is 769. The van der Waals surface area contributed by atoms with Crippen molar-refractivity contribution in [2.24, 2.45) is 17.8 Å². The molecule has 1 aliphatic heterocycles. The molecule has 3 heterocycles. The van der Waals surface area contributed by atoms with Crippen LogP contribution in [0.15, 0.2) is 10.9 Å². The molecule has 2 aromatic heterocycles. The lowest BCUT2D eigenvalue weighted by Crippen LogP contribution is -2.49. The van der Waals surface area contributed by atoms with Gasteiger partial charge in [-0.2, -0.15) is 4.98 Å². The van der Waals surface area contributed by atoms with Crippen LogP contribution in [0.5, 0.6) is 0 Å². The Morgan fingerprint density at radius 3 is 2.58 bits per heavy atom. The standard InChI is InChI=1S/C19H26N6O/c1-2-15(10-20-3-1)25-11-21-16(23-25)17-22-18(24-26-17)19-7-12-4-13(8-19)6-14(5-12)9-19/h11-15,20H,1-10H2. The molecule has 7 rings (SSSR count). The average molecular weight is 354 g/mol. The van der Waals surface area contributed by atoms with Gasteiger partial charge < -0.3 is 9.84 Å². The summed E-state index contributed by atoms with van der Waals surface area (Å²) >= 11 is 0. The monoisotopic (exact) mass is 354 g/mol. The highest BCUT2D eigenvalue weighted by atomic mass is 16.5. The number of hydrogen-bond donors (Lipinski definition) is 1. The van der Waals surface area contributed by atoms with Crippen LogP contribution in [0.3, 0.4) is 0 Å². The molecule has 0 spiro atoms. The van der Waals surface area contributed by atoms with Crippen LogP contribution in [-0.4, -0.2) is 38.0 Å². The fourth-order valence-corrected chi connectivity index (χ4v) is 6.52. The lowest BCUT2D eigenvalue weighted by atomic mass is 9.49. The van der Waals surface area contributed by atoms with Crippen molar-refractivity contribution in [3.05, 3.63) is 12.2 Å². The van der Waals surface area contributed by atoms with Gasteiger partial charge in [-0.3, -0.25) is 0 Å². The third-order valence-corrected chi connectivity index (χ3v) is 7.28. The Hall–Kier alpha value is -1.76. The quantitative estimate of drug-likeness (QED) is 0.913. The molecule has 5 aliphatic rings. The van der Waals surface area contributed by atoms with E-state index < -0.39 is 0 Å². The zero-order chi connectivity index (χ0) is 17.1. The topological polar surface area (TPSA) is 81.7 Å². The minimum Gasteiger partial charge on any atom is -0.330 e. The van der Waals surface area contributed by atoms with Crippen molar-refractivity contribution in [2.45, 2.75) is 62.8 Å². The molecule has 138 valence electrons. The summed E-state index contributed by atoms with van der Waals surface area (Å²) in [6.07, 6.45) is 12.1. The zero-order valence-corrected chi connectivity index (χ0v) is 15.1. The van der Waals surface area contributed by atoms with Gasteiger partial charge in [0.2, 0.25) is 5.82 Å². The summed E-state index contributed by atoms with van der Waals surface area (Å²) in [5, 5.41) is 12.5. The second kappa shape index (κ2) is 5.62. The first-order valence-electron chi connectivity index (χ1n) is 10.2. The fourth-order valence-electron chi connectivity index (χ4n) is 6.52. The molecule has 26 heavy (non-hydrogen) atoms. The van der Waals surface area contributed by atoms with Crippen LogP contribution in [0.2, 0.25) is 0 Å². The van der Waals surface area contributed by atoms with E-state index in [0.717, 1.165) is 43.1 Å². The zero-order valence-electron chi connectivity index (χ0n) is 15.1. The number of nitrogens with zero attached hydrogens (tertiary/aromatic N) is 5. The van der Waals surface area contributed by atoms with E-state index in [2.05, 4.69) is 20.6 Å². The molecule has 4 saturated carbocycles. The fraction of sp³-hybridized carbons (Fsp3) is 0.789. The lowest BCUT2D eigenvalue weighted by Gasteiger charge is -2.55. The predicted molar refractivity (Wildman–Crippen MR) is 94.3 cm³/mol. The van der Waals surface area contributed by atoms with Crippen molar-refractivity contribution in [1.82, 2.24) is 30.2 Å². The highest BCUT2D eigenvalue weighted by Crippen LogP contribution is 2.60. The Morgan fingerprint density at radius 2 is 1.88 bits per heavy atom. The molecule has 0 aromatic carbocycles. The van der Waals surface area contributed by atoms with Gasteiger partial charge in [0.1, 0.15) is 6.33 Å². The highest BCUT2D eigenvalue weighted by Gasteiger charge is 2.53. The number of nitrogens with one attached hydrogen (secondary N) is 1. The van der Waals surface area contributed by atoms with Crippen molar-refractivity contribution in [3.8, 4) is 11.7 Å². The maximum Gasteiger partial charge on any atom is 0.297 e. The first kappa shape index (κ1) is 15.3. The molecule has 2 aromatic rings. The lowest BCUT2D eigenvalue weighted by molar-refractivity contribution is -0.0103. The molecule has 1 atom stereocenters. The van der Waals surface area contributed by atoms with Crippen LogP contribution in [0, 0.1) is 17.8 Å². The normalized spacial score (nSPS) is 38.8. The van der Waals surface area contributed by atoms with Gasteiger partial charge in [0.15, 0.2) is 5.82 Å². The molecule has 1 unspecified atom stereocenters. The largest absolute Gasteiger partial charge is 0.330 e. The Morgan fingerprint density at radius 1 is 1.12 bits per heavy atom. The average Bonchev–Trinajstić information content (AvgIpc) is 3.31. The van der Waals surface area contributed by atoms with Gasteiger partial charge in [0.05, 0.1) is 6.04 Å². The van der Waals surface area contributed by atoms with E-state index in [1.165, 1.54) is 44.9 Å². The van der Waals surface area contributed by atoms with Gasteiger partial charge >= 0.3 is 0 Å². The van der Waals surface area contributed by atoms with Crippen molar-refractivity contribution in [2.75, 3.05) is 13.1 Å². The van der Waals surface area contributed by atoms with Crippen molar-refractivity contribution >= 4 is 0 Å². The minimum absolute atomic E-state index is 0.159. The van der Waals surface area contributed by atoms with E-state index in [4.69, 9.17) is 9.51 Å². The number of rotatable bonds is 3. The molecule has 1 saturated heterocycles. The predicted octanol–water partition coefficient (Wildman–Crippen LogP) is 2.72. The number of piperidine rings is 1. The van der Waals surface area contributed by atoms with E-state index in [-0.39, 0.29) is 5.41 Å². The smallest absolute Gasteiger partial charge is 0.297 e. The van der Waals surface area contributed by atoms with E-state index >= 15 is 0 Å². The summed E-state index contributed by atoms with van der Waals surface area (Å²) in [5.74, 6) is 4.60. The van der Waals surface area contributed by atoms with Gasteiger partial charge in [-0.05, 0) is 75.7 Å². The minimum atomic E-state index is 0.159. The number of hydrogen-bond acceptors (Lipinski definition) is 6. The molecule has 4 aliphatic carbocycles. The van der Waals surface area contributed by atoms with Crippen LogP contribution >= 0.6 is 0 Å². The second-order valence-electron chi connectivity index (χ2n) is 9.17.